The highest BCUT2D eigenvalue weighted by Gasteiger charge is 2.26. The predicted octanol–water partition coefficient (Wildman–Crippen LogP) is 3.85. The Morgan fingerprint density at radius 2 is 2.04 bits per heavy atom. The maximum atomic E-state index is 13.1. The van der Waals surface area contributed by atoms with Gasteiger partial charge in [0.15, 0.2) is 0 Å². The molecule has 2 aromatic rings. The third-order valence-corrected chi connectivity index (χ3v) is 4.25. The van der Waals surface area contributed by atoms with Crippen LogP contribution < -0.4 is 9.64 Å². The van der Waals surface area contributed by atoms with E-state index in [1.807, 2.05) is 30.3 Å². The molecule has 2 aromatic carbocycles. The normalized spacial score (nSPS) is 17.0. The summed E-state index contributed by atoms with van der Waals surface area (Å²) in [5.74, 6) is -0.330. The zero-order chi connectivity index (χ0) is 16.9. The molecule has 1 aliphatic rings. The molecule has 1 fully saturated rings. The first kappa shape index (κ1) is 16.3. The monoisotopic (exact) mass is 329 g/mol. The van der Waals surface area contributed by atoms with Crippen LogP contribution in [0.15, 0.2) is 48.5 Å². The standard InChI is InChI=1S/C19H20FNO3/c20-15-4-1-3-14(11-15)13-24-18-8-6-16(7-9-18)21-10-2-5-17(21)12-19(22)23/h1,3-4,6-9,11,17H,2,5,10,12-13H2,(H,22,23). The van der Waals surface area contributed by atoms with Crippen molar-refractivity contribution in [1.82, 2.24) is 0 Å². The molecule has 0 spiro atoms. The molecule has 3 rings (SSSR count). The molecule has 0 amide bonds. The lowest BCUT2D eigenvalue weighted by Gasteiger charge is -2.25. The molecule has 1 N–H and O–H groups in total. The van der Waals surface area contributed by atoms with Gasteiger partial charge in [0.05, 0.1) is 6.42 Å². The van der Waals surface area contributed by atoms with E-state index < -0.39 is 5.97 Å². The summed E-state index contributed by atoms with van der Waals surface area (Å²) in [4.78, 5) is 13.1. The Morgan fingerprint density at radius 1 is 1.25 bits per heavy atom. The number of ether oxygens (including phenoxy) is 1. The lowest BCUT2D eigenvalue weighted by molar-refractivity contribution is -0.137. The van der Waals surface area contributed by atoms with Crippen LogP contribution in [0.3, 0.4) is 0 Å². The molecule has 5 heteroatoms. The van der Waals surface area contributed by atoms with E-state index in [9.17, 15) is 9.18 Å². The summed E-state index contributed by atoms with van der Waals surface area (Å²) in [6.07, 6.45) is 2.08. The van der Waals surface area contributed by atoms with Crippen molar-refractivity contribution >= 4 is 11.7 Å². The van der Waals surface area contributed by atoms with Gasteiger partial charge in [-0.15, -0.1) is 0 Å². The van der Waals surface area contributed by atoms with Crippen LogP contribution >= 0.6 is 0 Å². The molecule has 0 radical (unpaired) electrons. The fraction of sp³-hybridized carbons (Fsp3) is 0.316. The SMILES string of the molecule is O=C(O)CC1CCCN1c1ccc(OCc2cccc(F)c2)cc1. The fourth-order valence-corrected chi connectivity index (χ4v) is 3.12. The summed E-state index contributed by atoms with van der Waals surface area (Å²) in [5, 5.41) is 9.01. The van der Waals surface area contributed by atoms with Gasteiger partial charge in [-0.25, -0.2) is 4.39 Å². The van der Waals surface area contributed by atoms with Crippen molar-refractivity contribution in [2.45, 2.75) is 31.9 Å². The number of carboxylic acids is 1. The van der Waals surface area contributed by atoms with Gasteiger partial charge in [-0.3, -0.25) is 4.79 Å². The molecule has 1 heterocycles. The minimum absolute atomic E-state index is 0.0570. The van der Waals surface area contributed by atoms with Crippen molar-refractivity contribution < 1.29 is 19.0 Å². The first-order chi connectivity index (χ1) is 11.6. The van der Waals surface area contributed by atoms with Crippen molar-refractivity contribution in [1.29, 1.82) is 0 Å². The van der Waals surface area contributed by atoms with E-state index in [-0.39, 0.29) is 18.3 Å². The molecule has 0 aromatic heterocycles. The minimum Gasteiger partial charge on any atom is -0.489 e. The summed E-state index contributed by atoms with van der Waals surface area (Å²) in [5.41, 5.74) is 1.79. The number of carboxylic acid groups (broad SMARTS) is 1. The quantitative estimate of drug-likeness (QED) is 0.874. The average Bonchev–Trinajstić information content (AvgIpc) is 3.01. The lowest BCUT2D eigenvalue weighted by Crippen LogP contribution is -2.31. The van der Waals surface area contributed by atoms with Crippen molar-refractivity contribution in [3.63, 3.8) is 0 Å². The van der Waals surface area contributed by atoms with E-state index in [0.29, 0.717) is 12.4 Å². The van der Waals surface area contributed by atoms with Gasteiger partial charge in [0.25, 0.3) is 0 Å². The molecular weight excluding hydrogens is 309 g/mol. The number of hydrogen-bond donors (Lipinski definition) is 1. The summed E-state index contributed by atoms with van der Waals surface area (Å²) in [6.45, 7) is 1.18. The summed E-state index contributed by atoms with van der Waals surface area (Å²) < 4.78 is 18.8. The largest absolute Gasteiger partial charge is 0.489 e. The van der Waals surface area contributed by atoms with E-state index >= 15 is 0 Å². The first-order valence-corrected chi connectivity index (χ1v) is 8.07. The van der Waals surface area contributed by atoms with Gasteiger partial charge in [0, 0.05) is 18.3 Å². The highest BCUT2D eigenvalue weighted by atomic mass is 19.1. The van der Waals surface area contributed by atoms with Gasteiger partial charge >= 0.3 is 5.97 Å². The second-order valence-electron chi connectivity index (χ2n) is 6.00. The lowest BCUT2D eigenvalue weighted by atomic mass is 10.1. The maximum absolute atomic E-state index is 13.1. The predicted molar refractivity (Wildman–Crippen MR) is 89.8 cm³/mol. The van der Waals surface area contributed by atoms with Crippen LogP contribution in [0, 0.1) is 5.82 Å². The molecule has 24 heavy (non-hydrogen) atoms. The van der Waals surface area contributed by atoms with Gasteiger partial charge in [0.2, 0.25) is 0 Å². The number of halogens is 1. The third kappa shape index (κ3) is 4.04. The smallest absolute Gasteiger partial charge is 0.305 e. The van der Waals surface area contributed by atoms with E-state index in [0.717, 1.165) is 30.6 Å². The average molecular weight is 329 g/mol. The Labute approximate surface area is 140 Å². The highest BCUT2D eigenvalue weighted by Crippen LogP contribution is 2.29. The van der Waals surface area contributed by atoms with Gasteiger partial charge < -0.3 is 14.7 Å². The second kappa shape index (κ2) is 7.34. The second-order valence-corrected chi connectivity index (χ2v) is 6.00. The van der Waals surface area contributed by atoms with Gasteiger partial charge in [-0.1, -0.05) is 12.1 Å². The van der Waals surface area contributed by atoms with E-state index in [2.05, 4.69) is 4.90 Å². The van der Waals surface area contributed by atoms with Gasteiger partial charge in [-0.2, -0.15) is 0 Å². The van der Waals surface area contributed by atoms with E-state index in [4.69, 9.17) is 9.84 Å². The van der Waals surface area contributed by atoms with Crippen LogP contribution in [0.4, 0.5) is 10.1 Å². The number of carbonyl (C=O) groups is 1. The van der Waals surface area contributed by atoms with E-state index in [1.54, 1.807) is 6.07 Å². The number of anilines is 1. The Balaban J connectivity index is 1.61. The van der Waals surface area contributed by atoms with Gasteiger partial charge in [-0.05, 0) is 54.8 Å². The number of rotatable bonds is 6. The molecule has 0 saturated carbocycles. The number of benzene rings is 2. The topological polar surface area (TPSA) is 49.8 Å². The Hall–Kier alpha value is -2.56. The molecule has 1 saturated heterocycles. The molecule has 1 aliphatic heterocycles. The van der Waals surface area contributed by atoms with Crippen molar-refractivity contribution in [2.75, 3.05) is 11.4 Å². The van der Waals surface area contributed by atoms with Crippen LogP contribution in [0.5, 0.6) is 5.75 Å². The molecule has 126 valence electrons. The third-order valence-electron chi connectivity index (χ3n) is 4.25. The Bertz CT molecular complexity index is 702. The van der Waals surface area contributed by atoms with Crippen molar-refractivity contribution in [2.24, 2.45) is 0 Å². The molecule has 0 aliphatic carbocycles. The summed E-state index contributed by atoms with van der Waals surface area (Å²) in [7, 11) is 0. The zero-order valence-electron chi connectivity index (χ0n) is 13.3. The fourth-order valence-electron chi connectivity index (χ4n) is 3.12. The van der Waals surface area contributed by atoms with E-state index in [1.165, 1.54) is 12.1 Å². The van der Waals surface area contributed by atoms with Crippen molar-refractivity contribution in [3.8, 4) is 5.75 Å². The summed E-state index contributed by atoms with van der Waals surface area (Å²) in [6, 6.07) is 14.0. The molecule has 4 nitrogen and oxygen atoms in total. The summed E-state index contributed by atoms with van der Waals surface area (Å²) >= 11 is 0. The van der Waals surface area contributed by atoms with Crippen LogP contribution in [0.1, 0.15) is 24.8 Å². The molecule has 1 atom stereocenters. The van der Waals surface area contributed by atoms with Crippen molar-refractivity contribution in [3.05, 3.63) is 59.9 Å². The van der Waals surface area contributed by atoms with Crippen LogP contribution in [-0.4, -0.2) is 23.7 Å². The molecular formula is C19H20FNO3. The van der Waals surface area contributed by atoms with Crippen LogP contribution in [0.25, 0.3) is 0 Å². The van der Waals surface area contributed by atoms with Crippen LogP contribution in [-0.2, 0) is 11.4 Å². The maximum Gasteiger partial charge on any atom is 0.305 e. The van der Waals surface area contributed by atoms with Gasteiger partial charge in [0.1, 0.15) is 18.2 Å². The Kier molecular flexibility index (Phi) is 4.99. The molecule has 0 bridgehead atoms. The number of aliphatic carboxylic acids is 1. The molecule has 1 unspecified atom stereocenters. The van der Waals surface area contributed by atoms with Crippen LogP contribution in [0.2, 0.25) is 0 Å². The number of nitrogens with zero attached hydrogens (tertiary/aromatic N) is 1. The zero-order valence-corrected chi connectivity index (χ0v) is 13.3. The minimum atomic E-state index is -0.762. The highest BCUT2D eigenvalue weighted by molar-refractivity contribution is 5.69. The Morgan fingerprint density at radius 3 is 2.75 bits per heavy atom. The number of hydrogen-bond acceptors (Lipinski definition) is 3. The first-order valence-electron chi connectivity index (χ1n) is 8.07.